The van der Waals surface area contributed by atoms with E-state index in [4.69, 9.17) is 24.7 Å². The maximum Gasteiger partial charge on any atom is 0.239 e. The smallest absolute Gasteiger partial charge is 0.239 e. The highest BCUT2D eigenvalue weighted by molar-refractivity contribution is 7.91. The first-order chi connectivity index (χ1) is 18.9. The van der Waals surface area contributed by atoms with E-state index in [1.165, 1.54) is 0 Å². The van der Waals surface area contributed by atoms with Gasteiger partial charge in [-0.25, -0.2) is 18.4 Å². The molecule has 4 aromatic rings. The number of hydrogen-bond acceptors (Lipinski definition) is 10. The highest BCUT2D eigenvalue weighted by Gasteiger charge is 2.35. The third-order valence-electron chi connectivity index (χ3n) is 8.22. The van der Waals surface area contributed by atoms with Crippen LogP contribution in [0.5, 0.6) is 0 Å². The summed E-state index contributed by atoms with van der Waals surface area (Å²) in [5.74, 6) is 3.74. The van der Waals surface area contributed by atoms with Crippen LogP contribution in [0.4, 0.5) is 5.82 Å². The number of fused-ring (bicyclic) bond motifs is 2. The van der Waals surface area contributed by atoms with Gasteiger partial charge in [-0.05, 0) is 19.1 Å². The number of rotatable bonds is 5. The molecule has 0 aliphatic carbocycles. The van der Waals surface area contributed by atoms with E-state index in [1.807, 2.05) is 42.8 Å². The number of aromatic nitrogens is 6. The topological polar surface area (TPSA) is 115 Å². The molecule has 3 saturated heterocycles. The van der Waals surface area contributed by atoms with E-state index in [-0.39, 0.29) is 11.5 Å². The minimum absolute atomic E-state index is 0.269. The Hall–Kier alpha value is -3.13. The lowest BCUT2D eigenvalue weighted by molar-refractivity contribution is 0.0313. The van der Waals surface area contributed by atoms with Crippen LogP contribution in [0.25, 0.3) is 28.1 Å². The summed E-state index contributed by atoms with van der Waals surface area (Å²) < 4.78 is 33.3. The number of sulfone groups is 1. The van der Waals surface area contributed by atoms with E-state index < -0.39 is 9.84 Å². The first-order valence-electron chi connectivity index (χ1n) is 13.5. The quantitative estimate of drug-likeness (QED) is 0.352. The summed E-state index contributed by atoms with van der Waals surface area (Å²) in [7, 11) is -0.839. The Morgan fingerprint density at radius 3 is 2.49 bits per heavy atom. The third-order valence-corrected chi connectivity index (χ3v) is 9.83. The fraction of sp³-hybridized carbons (Fsp3) is 0.538. The summed E-state index contributed by atoms with van der Waals surface area (Å²) in [5, 5.41) is 0. The summed E-state index contributed by atoms with van der Waals surface area (Å²) in [4.78, 5) is 26.8. The van der Waals surface area contributed by atoms with Crippen molar-refractivity contribution in [1.29, 1.82) is 0 Å². The molecule has 0 atom stereocenters. The van der Waals surface area contributed by atoms with Crippen molar-refractivity contribution in [1.82, 2.24) is 38.9 Å². The molecule has 3 aliphatic rings. The lowest BCUT2D eigenvalue weighted by Crippen LogP contribution is -2.61. The van der Waals surface area contributed by atoms with E-state index in [0.717, 1.165) is 65.8 Å². The van der Waals surface area contributed by atoms with Gasteiger partial charge in [0.2, 0.25) is 5.95 Å². The lowest BCUT2D eigenvalue weighted by Gasteiger charge is -2.46. The van der Waals surface area contributed by atoms with E-state index in [1.54, 1.807) is 0 Å². The number of para-hydroxylation sites is 2. The van der Waals surface area contributed by atoms with Gasteiger partial charge in [0.15, 0.2) is 26.8 Å². The van der Waals surface area contributed by atoms with Crippen LogP contribution in [0, 0.1) is 6.92 Å². The van der Waals surface area contributed by atoms with Gasteiger partial charge in [0, 0.05) is 52.4 Å². The summed E-state index contributed by atoms with van der Waals surface area (Å²) in [6.45, 7) is 8.60. The Balaban J connectivity index is 1.21. The van der Waals surface area contributed by atoms with Crippen molar-refractivity contribution in [2.45, 2.75) is 19.5 Å². The van der Waals surface area contributed by atoms with Crippen LogP contribution in [0.2, 0.25) is 0 Å². The zero-order chi connectivity index (χ0) is 26.7. The summed E-state index contributed by atoms with van der Waals surface area (Å²) >= 11 is 0. The second-order valence-electron chi connectivity index (χ2n) is 10.7. The van der Waals surface area contributed by atoms with Gasteiger partial charge in [0.25, 0.3) is 0 Å². The van der Waals surface area contributed by atoms with Gasteiger partial charge < -0.3 is 14.2 Å². The molecule has 3 aliphatic heterocycles. The number of ether oxygens (including phenoxy) is 1. The van der Waals surface area contributed by atoms with Gasteiger partial charge in [0.05, 0.1) is 42.3 Å². The number of anilines is 1. The van der Waals surface area contributed by atoms with E-state index in [9.17, 15) is 8.42 Å². The first-order valence-corrected chi connectivity index (χ1v) is 15.4. The molecular weight excluding hydrogens is 518 g/mol. The maximum absolute atomic E-state index is 11.8. The van der Waals surface area contributed by atoms with Crippen LogP contribution in [0.15, 0.2) is 24.3 Å². The molecule has 3 fully saturated rings. The number of morpholine rings is 1. The number of nitrogens with zero attached hydrogens (tertiary/aromatic N) is 9. The average molecular weight is 552 g/mol. The van der Waals surface area contributed by atoms with Crippen molar-refractivity contribution < 1.29 is 13.2 Å². The molecule has 12 nitrogen and oxygen atoms in total. The summed E-state index contributed by atoms with van der Waals surface area (Å²) in [5.41, 5.74) is 3.49. The number of hydrogen-bond donors (Lipinski definition) is 0. The fourth-order valence-corrected chi connectivity index (χ4v) is 7.14. The van der Waals surface area contributed by atoms with E-state index in [2.05, 4.69) is 19.3 Å². The Labute approximate surface area is 227 Å². The van der Waals surface area contributed by atoms with Crippen molar-refractivity contribution >= 4 is 37.9 Å². The molecule has 206 valence electrons. The van der Waals surface area contributed by atoms with Crippen molar-refractivity contribution in [3.8, 4) is 5.95 Å². The molecule has 0 N–H and O–H groups in total. The van der Waals surface area contributed by atoms with Gasteiger partial charge in [-0.3, -0.25) is 14.4 Å². The SMILES string of the molecule is Cc1nc2ccccc2n1-c1nc(N2CCOCC2)c2nc(CN3CC(N4CCS(=O)(=O)CC4)C3)n(C)c2n1. The molecule has 39 heavy (non-hydrogen) atoms. The normalized spacial score (nSPS) is 21.1. The summed E-state index contributed by atoms with van der Waals surface area (Å²) in [6, 6.07) is 8.45. The van der Waals surface area contributed by atoms with Gasteiger partial charge in [0.1, 0.15) is 11.6 Å². The van der Waals surface area contributed by atoms with E-state index >= 15 is 0 Å². The van der Waals surface area contributed by atoms with Crippen LogP contribution >= 0.6 is 0 Å². The van der Waals surface area contributed by atoms with Crippen molar-refractivity contribution in [2.75, 3.05) is 68.9 Å². The molecule has 7 rings (SSSR count). The Morgan fingerprint density at radius 2 is 1.72 bits per heavy atom. The fourth-order valence-electron chi connectivity index (χ4n) is 5.91. The second-order valence-corrected chi connectivity index (χ2v) is 13.0. The summed E-state index contributed by atoms with van der Waals surface area (Å²) in [6.07, 6.45) is 0. The number of imidazole rings is 2. The Morgan fingerprint density at radius 1 is 0.974 bits per heavy atom. The number of likely N-dealkylation sites (tertiary alicyclic amines) is 1. The molecule has 0 saturated carbocycles. The molecule has 13 heteroatoms. The largest absolute Gasteiger partial charge is 0.378 e. The van der Waals surface area contributed by atoms with Crippen LogP contribution in [-0.2, 0) is 28.2 Å². The minimum Gasteiger partial charge on any atom is -0.378 e. The standard InChI is InChI=1S/C26H33N9O3S/c1-18-27-20-5-3-4-6-21(20)35(18)26-29-24-23(25(30-26)34-7-11-38-12-8-34)28-22(31(24)2)17-32-15-19(16-32)33-9-13-39(36,37)14-10-33/h3-6,19H,7-17H2,1-2H3. The molecule has 0 amide bonds. The molecule has 3 aromatic heterocycles. The zero-order valence-electron chi connectivity index (χ0n) is 22.3. The molecule has 0 radical (unpaired) electrons. The van der Waals surface area contributed by atoms with Gasteiger partial charge in [-0.15, -0.1) is 0 Å². The highest BCUT2D eigenvalue weighted by atomic mass is 32.2. The van der Waals surface area contributed by atoms with Gasteiger partial charge >= 0.3 is 0 Å². The van der Waals surface area contributed by atoms with Gasteiger partial charge in [-0.1, -0.05) is 12.1 Å². The third kappa shape index (κ3) is 4.46. The predicted molar refractivity (Wildman–Crippen MR) is 148 cm³/mol. The maximum atomic E-state index is 11.8. The second kappa shape index (κ2) is 9.51. The van der Waals surface area contributed by atoms with Crippen LogP contribution in [-0.4, -0.2) is 117 Å². The molecular formula is C26H33N9O3S. The van der Waals surface area contributed by atoms with Crippen molar-refractivity contribution in [3.63, 3.8) is 0 Å². The average Bonchev–Trinajstić information content (AvgIpc) is 3.41. The van der Waals surface area contributed by atoms with Crippen LogP contribution in [0.3, 0.4) is 0 Å². The highest BCUT2D eigenvalue weighted by Crippen LogP contribution is 2.29. The molecule has 0 unspecified atom stereocenters. The molecule has 1 aromatic carbocycles. The van der Waals surface area contributed by atoms with E-state index in [0.29, 0.717) is 44.8 Å². The van der Waals surface area contributed by atoms with Crippen LogP contribution in [0.1, 0.15) is 11.6 Å². The molecule has 6 heterocycles. The lowest BCUT2D eigenvalue weighted by atomic mass is 10.1. The van der Waals surface area contributed by atoms with Gasteiger partial charge in [-0.2, -0.15) is 9.97 Å². The monoisotopic (exact) mass is 551 g/mol. The molecule has 0 spiro atoms. The van der Waals surface area contributed by atoms with Crippen molar-refractivity contribution in [3.05, 3.63) is 35.9 Å². The number of benzene rings is 1. The van der Waals surface area contributed by atoms with Crippen molar-refractivity contribution in [2.24, 2.45) is 7.05 Å². The predicted octanol–water partition coefficient (Wildman–Crippen LogP) is 0.762. The first kappa shape index (κ1) is 24.9. The molecule has 0 bridgehead atoms. The van der Waals surface area contributed by atoms with Crippen LogP contribution < -0.4 is 4.90 Å². The Bertz CT molecular complexity index is 1640. The number of aryl methyl sites for hydroxylation is 2. The Kier molecular flexibility index (Phi) is 6.06. The minimum atomic E-state index is -2.86. The zero-order valence-corrected chi connectivity index (χ0v) is 23.1.